The molecule has 4 aromatic rings. The van der Waals surface area contributed by atoms with Crippen molar-refractivity contribution in [1.82, 2.24) is 29.0 Å². The predicted molar refractivity (Wildman–Crippen MR) is 133 cm³/mol. The Balaban J connectivity index is 1.72. The average Bonchev–Trinajstić information content (AvgIpc) is 3.50. The van der Waals surface area contributed by atoms with Gasteiger partial charge in [0.2, 0.25) is 5.91 Å². The minimum absolute atomic E-state index is 0.151. The van der Waals surface area contributed by atoms with Gasteiger partial charge in [0.15, 0.2) is 0 Å². The molecule has 1 atom stereocenters. The van der Waals surface area contributed by atoms with E-state index in [2.05, 4.69) is 10.2 Å². The van der Waals surface area contributed by atoms with Crippen LogP contribution in [0.4, 0.5) is 4.39 Å². The molecule has 188 valence electrons. The number of amides is 1. The summed E-state index contributed by atoms with van der Waals surface area (Å²) in [5.41, 5.74) is 0.137. The standard InChI is InChI=1S/C24H25FN6O4S/c1-14-19-21(33)30(17-5-4-11-28(2)20(17)32)24(34)29(23(19)36-22(14)31-26-9-10-27-31)12-8-15-13-16(25)6-7-18(15)35-3/h6-7,9-10,13,17H,4-5,8,11-12H2,1-3H3/t17-/m0/s1. The maximum absolute atomic E-state index is 14.0. The number of hydrogen-bond donors (Lipinski definition) is 0. The van der Waals surface area contributed by atoms with Crippen molar-refractivity contribution in [2.45, 2.75) is 38.8 Å². The number of methoxy groups -OCH3 is 1. The highest BCUT2D eigenvalue weighted by molar-refractivity contribution is 7.21. The molecule has 10 nitrogen and oxygen atoms in total. The molecule has 0 unspecified atom stereocenters. The molecule has 5 rings (SSSR count). The first-order valence-corrected chi connectivity index (χ1v) is 12.4. The van der Waals surface area contributed by atoms with E-state index in [1.165, 1.54) is 58.4 Å². The fourth-order valence-electron chi connectivity index (χ4n) is 4.76. The van der Waals surface area contributed by atoms with Gasteiger partial charge >= 0.3 is 5.69 Å². The Kier molecular flexibility index (Phi) is 6.20. The minimum atomic E-state index is -0.881. The molecule has 0 bridgehead atoms. The molecule has 1 aliphatic rings. The van der Waals surface area contributed by atoms with E-state index in [0.29, 0.717) is 51.5 Å². The zero-order valence-corrected chi connectivity index (χ0v) is 20.9. The highest BCUT2D eigenvalue weighted by atomic mass is 32.1. The highest BCUT2D eigenvalue weighted by Crippen LogP contribution is 2.31. The third-order valence-corrected chi connectivity index (χ3v) is 7.89. The van der Waals surface area contributed by atoms with Crippen molar-refractivity contribution in [3.8, 4) is 10.8 Å². The van der Waals surface area contributed by atoms with Crippen LogP contribution < -0.4 is 16.0 Å². The average molecular weight is 513 g/mol. The number of likely N-dealkylation sites (N-methyl/N-ethyl adjacent to an activating group) is 1. The van der Waals surface area contributed by atoms with Crippen LogP contribution in [0.15, 0.2) is 40.2 Å². The van der Waals surface area contributed by atoms with Crippen molar-refractivity contribution in [2.75, 3.05) is 20.7 Å². The lowest BCUT2D eigenvalue weighted by Crippen LogP contribution is -2.49. The summed E-state index contributed by atoms with van der Waals surface area (Å²) in [6.45, 7) is 2.51. The van der Waals surface area contributed by atoms with Gasteiger partial charge in [0.05, 0.1) is 24.9 Å². The lowest BCUT2D eigenvalue weighted by Gasteiger charge is -2.30. The van der Waals surface area contributed by atoms with Gasteiger partial charge in [0, 0.05) is 25.7 Å². The second kappa shape index (κ2) is 9.34. The zero-order chi connectivity index (χ0) is 25.6. The van der Waals surface area contributed by atoms with Crippen molar-refractivity contribution in [1.29, 1.82) is 0 Å². The Morgan fingerprint density at radius 2 is 1.94 bits per heavy atom. The maximum Gasteiger partial charge on any atom is 0.332 e. The third kappa shape index (κ3) is 3.91. The number of thiophene rings is 1. The number of aromatic nitrogens is 5. The maximum atomic E-state index is 14.0. The summed E-state index contributed by atoms with van der Waals surface area (Å²) >= 11 is 1.23. The Labute approximate surface area is 209 Å². The number of halogens is 1. The van der Waals surface area contributed by atoms with Crippen LogP contribution in [0.3, 0.4) is 0 Å². The molecular formula is C24H25FN6O4S. The number of carbonyl (C=O) groups excluding carboxylic acids is 1. The van der Waals surface area contributed by atoms with E-state index in [0.717, 1.165) is 4.57 Å². The van der Waals surface area contributed by atoms with E-state index < -0.39 is 23.1 Å². The fourth-order valence-corrected chi connectivity index (χ4v) is 6.00. The molecule has 1 saturated heterocycles. The van der Waals surface area contributed by atoms with Gasteiger partial charge in [0.25, 0.3) is 5.56 Å². The van der Waals surface area contributed by atoms with Gasteiger partial charge in [-0.3, -0.25) is 14.2 Å². The number of hydrogen-bond acceptors (Lipinski definition) is 7. The van der Waals surface area contributed by atoms with Crippen LogP contribution in [0, 0.1) is 12.7 Å². The molecule has 0 spiro atoms. The summed E-state index contributed by atoms with van der Waals surface area (Å²) < 4.78 is 21.9. The third-order valence-electron chi connectivity index (χ3n) is 6.61. The number of piperidine rings is 1. The van der Waals surface area contributed by atoms with Crippen LogP contribution in [-0.2, 0) is 17.8 Å². The molecule has 0 saturated carbocycles. The molecule has 12 heteroatoms. The number of likely N-dealkylation sites (tertiary alicyclic amines) is 1. The number of benzene rings is 1. The number of carbonyl (C=O) groups is 1. The van der Waals surface area contributed by atoms with Crippen molar-refractivity contribution in [3.63, 3.8) is 0 Å². The topological polar surface area (TPSA) is 104 Å². The molecular weight excluding hydrogens is 487 g/mol. The predicted octanol–water partition coefficient (Wildman–Crippen LogP) is 2.30. The SMILES string of the molecule is COc1ccc(F)cc1CCn1c(=O)n([C@H]2CCCN(C)C2=O)c(=O)c2c(C)c(-n3nccn3)sc21. The Hall–Kier alpha value is -3.80. The first kappa shape index (κ1) is 23.9. The first-order valence-electron chi connectivity index (χ1n) is 11.5. The molecule has 1 fully saturated rings. The number of rotatable bonds is 6. The molecule has 1 aliphatic heterocycles. The summed E-state index contributed by atoms with van der Waals surface area (Å²) in [6, 6.07) is 3.34. The van der Waals surface area contributed by atoms with Crippen LogP contribution >= 0.6 is 11.3 Å². The number of ether oxygens (including phenoxy) is 1. The van der Waals surface area contributed by atoms with Gasteiger partial charge in [-0.2, -0.15) is 10.2 Å². The number of aryl methyl sites for hydroxylation is 3. The summed E-state index contributed by atoms with van der Waals surface area (Å²) in [7, 11) is 3.17. The van der Waals surface area contributed by atoms with Crippen molar-refractivity contribution < 1.29 is 13.9 Å². The Morgan fingerprint density at radius 1 is 1.19 bits per heavy atom. The fraction of sp³-hybridized carbons (Fsp3) is 0.375. The molecule has 4 heterocycles. The van der Waals surface area contributed by atoms with E-state index in [1.807, 2.05) is 0 Å². The van der Waals surface area contributed by atoms with E-state index in [4.69, 9.17) is 4.74 Å². The van der Waals surface area contributed by atoms with Gasteiger partial charge in [-0.15, -0.1) is 4.80 Å². The lowest BCUT2D eigenvalue weighted by atomic mass is 10.0. The van der Waals surface area contributed by atoms with Crippen LogP contribution in [0.2, 0.25) is 0 Å². The monoisotopic (exact) mass is 512 g/mol. The van der Waals surface area contributed by atoms with Gasteiger partial charge in [0.1, 0.15) is 27.4 Å². The Morgan fingerprint density at radius 3 is 2.67 bits per heavy atom. The zero-order valence-electron chi connectivity index (χ0n) is 20.1. The number of nitrogens with zero attached hydrogens (tertiary/aromatic N) is 6. The highest BCUT2D eigenvalue weighted by Gasteiger charge is 2.32. The van der Waals surface area contributed by atoms with Gasteiger partial charge in [-0.1, -0.05) is 11.3 Å². The molecule has 1 aromatic carbocycles. The largest absolute Gasteiger partial charge is 0.496 e. The summed E-state index contributed by atoms with van der Waals surface area (Å²) in [5.74, 6) is -0.176. The second-order valence-electron chi connectivity index (χ2n) is 8.76. The molecule has 1 amide bonds. The summed E-state index contributed by atoms with van der Waals surface area (Å²) in [4.78, 5) is 44.0. The van der Waals surface area contributed by atoms with E-state index in [9.17, 15) is 18.8 Å². The summed E-state index contributed by atoms with van der Waals surface area (Å²) in [6.07, 6.45) is 4.42. The summed E-state index contributed by atoms with van der Waals surface area (Å²) in [5, 5.41) is 9.32. The van der Waals surface area contributed by atoms with E-state index in [-0.39, 0.29) is 18.9 Å². The Bertz CT molecular complexity index is 1570. The van der Waals surface area contributed by atoms with Crippen molar-refractivity contribution in [3.05, 3.63) is 68.4 Å². The number of fused-ring (bicyclic) bond motifs is 1. The van der Waals surface area contributed by atoms with Gasteiger partial charge < -0.3 is 9.64 Å². The second-order valence-corrected chi connectivity index (χ2v) is 9.74. The van der Waals surface area contributed by atoms with Crippen molar-refractivity contribution >= 4 is 27.5 Å². The normalized spacial score (nSPS) is 16.2. The van der Waals surface area contributed by atoms with Gasteiger partial charge in [-0.25, -0.2) is 13.8 Å². The van der Waals surface area contributed by atoms with Crippen LogP contribution in [0.25, 0.3) is 15.2 Å². The molecule has 36 heavy (non-hydrogen) atoms. The molecule has 0 radical (unpaired) electrons. The first-order chi connectivity index (χ1) is 17.3. The van der Waals surface area contributed by atoms with Gasteiger partial charge in [-0.05, 0) is 49.9 Å². The van der Waals surface area contributed by atoms with Crippen LogP contribution in [0.1, 0.15) is 30.0 Å². The van der Waals surface area contributed by atoms with E-state index in [1.54, 1.807) is 18.9 Å². The lowest BCUT2D eigenvalue weighted by molar-refractivity contribution is -0.136. The van der Waals surface area contributed by atoms with E-state index >= 15 is 0 Å². The molecule has 0 aliphatic carbocycles. The minimum Gasteiger partial charge on any atom is -0.496 e. The van der Waals surface area contributed by atoms with Crippen molar-refractivity contribution in [2.24, 2.45) is 0 Å². The van der Waals surface area contributed by atoms with Crippen LogP contribution in [0.5, 0.6) is 5.75 Å². The molecule has 0 N–H and O–H groups in total. The smallest absolute Gasteiger partial charge is 0.332 e. The quantitative estimate of drug-likeness (QED) is 0.393. The van der Waals surface area contributed by atoms with Crippen LogP contribution in [-0.4, -0.2) is 55.6 Å². The molecule has 3 aromatic heterocycles.